The molecule has 2 N–H and O–H groups in total. The van der Waals surface area contributed by atoms with E-state index in [4.69, 9.17) is 13.9 Å². The van der Waals surface area contributed by atoms with Gasteiger partial charge < -0.3 is 29.4 Å². The van der Waals surface area contributed by atoms with Gasteiger partial charge >= 0.3 is 6.03 Å². The maximum absolute atomic E-state index is 13.0. The van der Waals surface area contributed by atoms with E-state index in [1.165, 1.54) is 6.26 Å². The molecule has 0 spiro atoms. The molecule has 0 saturated heterocycles. The molecule has 0 radical (unpaired) electrons. The quantitative estimate of drug-likeness (QED) is 0.391. The van der Waals surface area contributed by atoms with E-state index in [9.17, 15) is 9.59 Å². The fraction of sp³-hybridized carbons (Fsp3) is 0.542. The topological polar surface area (TPSA) is 106 Å². The highest BCUT2D eigenvalue weighted by molar-refractivity contribution is 5.92. The van der Waals surface area contributed by atoms with Crippen molar-refractivity contribution in [2.45, 2.75) is 46.6 Å². The minimum atomic E-state index is -0.315. The van der Waals surface area contributed by atoms with Crippen LogP contribution in [0.3, 0.4) is 0 Å². The number of hydrogen-bond acceptors (Lipinski definition) is 6. The SMILES string of the molecule is CCOCCCNC(=O)c1coc(CN(CCCOCC)C(=O)Nc2cccc(CC)c2)n1. The Balaban J connectivity index is 1.97. The predicted octanol–water partition coefficient (Wildman–Crippen LogP) is 3.85. The molecule has 182 valence electrons. The molecule has 0 aliphatic rings. The van der Waals surface area contributed by atoms with Crippen LogP contribution in [0.1, 0.15) is 55.6 Å². The van der Waals surface area contributed by atoms with Crippen LogP contribution < -0.4 is 10.6 Å². The first-order chi connectivity index (χ1) is 16.1. The highest BCUT2D eigenvalue weighted by Crippen LogP contribution is 2.14. The van der Waals surface area contributed by atoms with E-state index in [0.29, 0.717) is 51.8 Å². The Bertz CT molecular complexity index is 855. The van der Waals surface area contributed by atoms with Gasteiger partial charge in [0, 0.05) is 45.2 Å². The number of carbonyl (C=O) groups excluding carboxylic acids is 2. The first-order valence-electron chi connectivity index (χ1n) is 11.6. The van der Waals surface area contributed by atoms with Gasteiger partial charge in [-0.15, -0.1) is 0 Å². The van der Waals surface area contributed by atoms with Crippen LogP contribution in [0.2, 0.25) is 0 Å². The Morgan fingerprint density at radius 2 is 1.85 bits per heavy atom. The second kappa shape index (κ2) is 15.0. The number of hydrogen-bond donors (Lipinski definition) is 2. The summed E-state index contributed by atoms with van der Waals surface area (Å²) >= 11 is 0. The van der Waals surface area contributed by atoms with Crippen molar-refractivity contribution in [3.63, 3.8) is 0 Å². The minimum Gasteiger partial charge on any atom is -0.446 e. The predicted molar refractivity (Wildman–Crippen MR) is 126 cm³/mol. The molecule has 0 fully saturated rings. The van der Waals surface area contributed by atoms with Gasteiger partial charge in [-0.1, -0.05) is 19.1 Å². The Labute approximate surface area is 195 Å². The molecule has 9 nitrogen and oxygen atoms in total. The maximum atomic E-state index is 13.0. The summed E-state index contributed by atoms with van der Waals surface area (Å²) in [6.45, 7) is 9.43. The summed E-state index contributed by atoms with van der Waals surface area (Å²) < 4.78 is 16.1. The van der Waals surface area contributed by atoms with E-state index < -0.39 is 0 Å². The lowest BCUT2D eigenvalue weighted by Gasteiger charge is -2.22. The van der Waals surface area contributed by atoms with Gasteiger partial charge in [0.15, 0.2) is 5.69 Å². The van der Waals surface area contributed by atoms with Gasteiger partial charge in [-0.3, -0.25) is 4.79 Å². The third-order valence-electron chi connectivity index (χ3n) is 4.86. The van der Waals surface area contributed by atoms with Gasteiger partial charge in [-0.25, -0.2) is 9.78 Å². The molecule has 9 heteroatoms. The number of aromatic nitrogens is 1. The van der Waals surface area contributed by atoms with Crippen LogP contribution in [0.5, 0.6) is 0 Å². The van der Waals surface area contributed by atoms with Crippen molar-refractivity contribution < 1.29 is 23.5 Å². The standard InChI is InChI=1S/C24H36N4O5/c1-4-19-10-7-11-20(16-19)26-24(30)28(13-9-15-32-6-3)17-22-27-21(18-33-22)23(29)25-12-8-14-31-5-2/h7,10-11,16,18H,4-6,8-9,12-15,17H2,1-3H3,(H,25,29)(H,26,30). The summed E-state index contributed by atoms with van der Waals surface area (Å²) in [7, 11) is 0. The summed E-state index contributed by atoms with van der Waals surface area (Å²) in [5, 5.41) is 5.73. The van der Waals surface area contributed by atoms with Gasteiger partial charge in [-0.2, -0.15) is 0 Å². The lowest BCUT2D eigenvalue weighted by atomic mass is 10.1. The molecule has 0 aliphatic carbocycles. The van der Waals surface area contributed by atoms with Crippen molar-refractivity contribution in [1.29, 1.82) is 0 Å². The molecule has 33 heavy (non-hydrogen) atoms. The minimum absolute atomic E-state index is 0.142. The van der Waals surface area contributed by atoms with Gasteiger partial charge in [0.1, 0.15) is 6.26 Å². The monoisotopic (exact) mass is 460 g/mol. The molecule has 0 atom stereocenters. The van der Waals surface area contributed by atoms with E-state index in [1.54, 1.807) is 4.90 Å². The third-order valence-corrected chi connectivity index (χ3v) is 4.86. The highest BCUT2D eigenvalue weighted by atomic mass is 16.5. The zero-order valence-corrected chi connectivity index (χ0v) is 19.9. The number of rotatable bonds is 15. The summed E-state index contributed by atoms with van der Waals surface area (Å²) in [6.07, 6.45) is 3.59. The summed E-state index contributed by atoms with van der Waals surface area (Å²) in [5.74, 6) is -0.0199. The second-order valence-electron chi connectivity index (χ2n) is 7.39. The molecular formula is C24H36N4O5. The van der Waals surface area contributed by atoms with Gasteiger partial charge in [0.25, 0.3) is 5.91 Å². The number of anilines is 1. The molecular weight excluding hydrogens is 424 g/mol. The normalized spacial score (nSPS) is 10.8. The van der Waals surface area contributed by atoms with E-state index in [0.717, 1.165) is 24.1 Å². The van der Waals surface area contributed by atoms with Gasteiger partial charge in [-0.05, 0) is 50.8 Å². The van der Waals surface area contributed by atoms with Crippen molar-refractivity contribution in [2.24, 2.45) is 0 Å². The molecule has 0 aliphatic heterocycles. The molecule has 0 saturated carbocycles. The average molecular weight is 461 g/mol. The zero-order valence-electron chi connectivity index (χ0n) is 19.9. The van der Waals surface area contributed by atoms with Gasteiger partial charge in [0.05, 0.1) is 6.54 Å². The number of benzene rings is 1. The maximum Gasteiger partial charge on any atom is 0.322 e. The van der Waals surface area contributed by atoms with Crippen molar-refractivity contribution in [3.8, 4) is 0 Å². The van der Waals surface area contributed by atoms with Crippen LogP contribution >= 0.6 is 0 Å². The van der Waals surface area contributed by atoms with Crippen LogP contribution in [0.4, 0.5) is 10.5 Å². The average Bonchev–Trinajstić information content (AvgIpc) is 3.29. The Morgan fingerprint density at radius 1 is 1.09 bits per heavy atom. The number of urea groups is 1. The molecule has 3 amide bonds. The van der Waals surface area contributed by atoms with Crippen molar-refractivity contribution in [3.05, 3.63) is 47.7 Å². The van der Waals surface area contributed by atoms with Gasteiger partial charge in [0.2, 0.25) is 5.89 Å². The molecule has 0 unspecified atom stereocenters. The Morgan fingerprint density at radius 3 is 2.58 bits per heavy atom. The van der Waals surface area contributed by atoms with E-state index in [2.05, 4.69) is 22.5 Å². The number of ether oxygens (including phenoxy) is 2. The van der Waals surface area contributed by atoms with Crippen LogP contribution in [-0.2, 0) is 22.4 Å². The van der Waals surface area contributed by atoms with Crippen LogP contribution in [0.25, 0.3) is 0 Å². The highest BCUT2D eigenvalue weighted by Gasteiger charge is 2.19. The Kier molecular flexibility index (Phi) is 12.0. The van der Waals surface area contributed by atoms with Crippen molar-refractivity contribution in [2.75, 3.05) is 44.8 Å². The molecule has 1 aromatic carbocycles. The molecule has 2 rings (SSSR count). The summed E-state index contributed by atoms with van der Waals surface area (Å²) in [6, 6.07) is 7.48. The Hall–Kier alpha value is -2.91. The second-order valence-corrected chi connectivity index (χ2v) is 7.39. The number of amides is 3. The zero-order chi connectivity index (χ0) is 23.9. The van der Waals surface area contributed by atoms with Crippen molar-refractivity contribution in [1.82, 2.24) is 15.2 Å². The summed E-state index contributed by atoms with van der Waals surface area (Å²) in [5.41, 5.74) is 2.06. The van der Waals surface area contributed by atoms with Crippen molar-refractivity contribution >= 4 is 17.6 Å². The first-order valence-corrected chi connectivity index (χ1v) is 11.6. The molecule has 1 heterocycles. The number of aryl methyl sites for hydroxylation is 1. The molecule has 1 aromatic heterocycles. The largest absolute Gasteiger partial charge is 0.446 e. The first kappa shape index (κ1) is 26.3. The lowest BCUT2D eigenvalue weighted by molar-refractivity contribution is 0.0939. The van der Waals surface area contributed by atoms with Crippen LogP contribution in [0.15, 0.2) is 34.9 Å². The summed E-state index contributed by atoms with van der Waals surface area (Å²) in [4.78, 5) is 31.1. The number of oxazole rings is 1. The molecule has 0 bridgehead atoms. The van der Waals surface area contributed by atoms with Crippen LogP contribution in [0, 0.1) is 0 Å². The number of nitrogens with zero attached hydrogens (tertiary/aromatic N) is 2. The fourth-order valence-corrected chi connectivity index (χ4v) is 3.09. The fourth-order valence-electron chi connectivity index (χ4n) is 3.09. The van der Waals surface area contributed by atoms with E-state index in [-0.39, 0.29) is 24.2 Å². The van der Waals surface area contributed by atoms with Crippen LogP contribution in [-0.4, -0.2) is 61.3 Å². The number of nitrogens with one attached hydrogen (secondary N) is 2. The number of carbonyl (C=O) groups is 2. The van der Waals surface area contributed by atoms with E-state index >= 15 is 0 Å². The third kappa shape index (κ3) is 9.63. The van der Waals surface area contributed by atoms with E-state index in [1.807, 2.05) is 38.1 Å². The lowest BCUT2D eigenvalue weighted by Crippen LogP contribution is -2.36. The smallest absolute Gasteiger partial charge is 0.322 e. The molecule has 2 aromatic rings.